The van der Waals surface area contributed by atoms with E-state index >= 15 is 0 Å². The Morgan fingerprint density at radius 1 is 1.17 bits per heavy atom. The van der Waals surface area contributed by atoms with Crippen LogP contribution in [-0.2, 0) is 6.42 Å². The number of hydrogen-bond acceptors (Lipinski definition) is 6. The summed E-state index contributed by atoms with van der Waals surface area (Å²) in [4.78, 5) is 8.96. The van der Waals surface area contributed by atoms with Gasteiger partial charge in [-0.2, -0.15) is 0 Å². The molecule has 126 valence electrons. The highest BCUT2D eigenvalue weighted by Gasteiger charge is 2.30. The van der Waals surface area contributed by atoms with Gasteiger partial charge >= 0.3 is 0 Å². The summed E-state index contributed by atoms with van der Waals surface area (Å²) < 4.78 is 10.7. The number of nitrogens with zero attached hydrogens (tertiary/aromatic N) is 2. The van der Waals surface area contributed by atoms with Gasteiger partial charge in [0.15, 0.2) is 11.5 Å². The molecule has 0 unspecified atom stereocenters. The molecule has 1 aromatic heterocycles. The van der Waals surface area contributed by atoms with Crippen LogP contribution in [0.2, 0.25) is 0 Å². The first-order chi connectivity index (χ1) is 11.7. The number of aryl methyl sites for hydroxylation is 1. The predicted molar refractivity (Wildman–Crippen MR) is 89.5 cm³/mol. The van der Waals surface area contributed by atoms with E-state index in [4.69, 9.17) is 9.47 Å². The Labute approximate surface area is 140 Å². The van der Waals surface area contributed by atoms with Crippen molar-refractivity contribution in [1.82, 2.24) is 9.97 Å². The van der Waals surface area contributed by atoms with Crippen LogP contribution in [0.5, 0.6) is 11.5 Å². The molecule has 0 amide bonds. The Kier molecular flexibility index (Phi) is 3.98. The van der Waals surface area contributed by atoms with E-state index in [-0.39, 0.29) is 6.10 Å². The molecule has 1 saturated carbocycles. The average Bonchev–Trinajstić information content (AvgIpc) is 2.99. The lowest BCUT2D eigenvalue weighted by Crippen LogP contribution is -2.27. The van der Waals surface area contributed by atoms with Crippen LogP contribution in [0.1, 0.15) is 35.8 Å². The second-order valence-electron chi connectivity index (χ2n) is 6.41. The number of ether oxygens (including phenoxy) is 2. The van der Waals surface area contributed by atoms with E-state index in [1.165, 1.54) is 5.56 Å². The molecule has 4 rings (SSSR count). The molecule has 2 heterocycles. The van der Waals surface area contributed by atoms with Gasteiger partial charge in [-0.1, -0.05) is 6.07 Å². The molecular formula is C18H21N3O3. The molecule has 0 bridgehead atoms. The molecule has 6 heteroatoms. The number of rotatable bonds is 5. The highest BCUT2D eigenvalue weighted by atomic mass is 16.7. The number of aromatic nitrogens is 2. The molecule has 1 aromatic carbocycles. The zero-order valence-electron chi connectivity index (χ0n) is 13.7. The molecule has 0 spiro atoms. The molecule has 2 aromatic rings. The number of aliphatic hydroxyl groups is 1. The van der Waals surface area contributed by atoms with Gasteiger partial charge in [0.2, 0.25) is 6.79 Å². The number of nitrogens with one attached hydrogen (secondary N) is 1. The van der Waals surface area contributed by atoms with Gasteiger partial charge in [-0.15, -0.1) is 0 Å². The maximum atomic E-state index is 9.47. The van der Waals surface area contributed by atoms with Gasteiger partial charge in [-0.05, 0) is 43.9 Å². The van der Waals surface area contributed by atoms with Gasteiger partial charge in [-0.3, -0.25) is 0 Å². The van der Waals surface area contributed by atoms with Gasteiger partial charge in [0.1, 0.15) is 11.6 Å². The van der Waals surface area contributed by atoms with Gasteiger partial charge in [0.25, 0.3) is 0 Å². The van der Waals surface area contributed by atoms with Crippen LogP contribution >= 0.6 is 0 Å². The molecule has 1 aliphatic carbocycles. The minimum atomic E-state index is -0.173. The highest BCUT2D eigenvalue weighted by Crippen LogP contribution is 2.36. The van der Waals surface area contributed by atoms with Crippen LogP contribution in [0.3, 0.4) is 0 Å². The van der Waals surface area contributed by atoms with Crippen LogP contribution in [0.15, 0.2) is 24.3 Å². The first kappa shape index (κ1) is 15.2. The topological polar surface area (TPSA) is 76.5 Å². The van der Waals surface area contributed by atoms with E-state index in [1.54, 1.807) is 0 Å². The summed E-state index contributed by atoms with van der Waals surface area (Å²) in [5, 5.41) is 12.8. The summed E-state index contributed by atoms with van der Waals surface area (Å²) in [6, 6.07) is 8.04. The highest BCUT2D eigenvalue weighted by molar-refractivity contribution is 5.45. The second-order valence-corrected chi connectivity index (χ2v) is 6.41. The second kappa shape index (κ2) is 6.28. The van der Waals surface area contributed by atoms with Crippen molar-refractivity contribution < 1.29 is 14.6 Å². The summed E-state index contributed by atoms with van der Waals surface area (Å²) in [7, 11) is 0. The lowest BCUT2D eigenvalue weighted by atomic mass is 9.80. The summed E-state index contributed by atoms with van der Waals surface area (Å²) in [5.74, 6) is 3.59. The molecule has 0 atom stereocenters. The molecule has 0 saturated heterocycles. The van der Waals surface area contributed by atoms with Crippen LogP contribution in [0, 0.1) is 6.92 Å². The van der Waals surface area contributed by atoms with Crippen molar-refractivity contribution in [3.8, 4) is 11.5 Å². The Balaban J connectivity index is 1.37. The first-order valence-electron chi connectivity index (χ1n) is 8.33. The third kappa shape index (κ3) is 3.14. The van der Waals surface area contributed by atoms with Crippen molar-refractivity contribution in [2.75, 3.05) is 18.7 Å². The average molecular weight is 327 g/mol. The van der Waals surface area contributed by atoms with E-state index in [0.717, 1.165) is 54.6 Å². The number of benzene rings is 1. The van der Waals surface area contributed by atoms with Crippen molar-refractivity contribution in [1.29, 1.82) is 0 Å². The van der Waals surface area contributed by atoms with Gasteiger partial charge < -0.3 is 19.9 Å². The fraction of sp³-hybridized carbons (Fsp3) is 0.444. The van der Waals surface area contributed by atoms with Crippen LogP contribution in [0.25, 0.3) is 0 Å². The fourth-order valence-electron chi connectivity index (χ4n) is 3.15. The molecule has 6 nitrogen and oxygen atoms in total. The maximum absolute atomic E-state index is 9.47. The van der Waals surface area contributed by atoms with Crippen molar-refractivity contribution in [2.24, 2.45) is 0 Å². The largest absolute Gasteiger partial charge is 0.454 e. The summed E-state index contributed by atoms with van der Waals surface area (Å²) in [6.45, 7) is 2.99. The Morgan fingerprint density at radius 2 is 2.00 bits per heavy atom. The molecule has 0 radical (unpaired) electrons. The Hall–Kier alpha value is -2.34. The zero-order valence-corrected chi connectivity index (χ0v) is 13.7. The minimum absolute atomic E-state index is 0.173. The predicted octanol–water partition coefficient (Wildman–Crippen LogP) is 2.41. The van der Waals surface area contributed by atoms with Crippen molar-refractivity contribution in [2.45, 2.75) is 38.2 Å². The number of fused-ring (bicyclic) bond motifs is 1. The number of hydrogen-bond donors (Lipinski definition) is 2. The monoisotopic (exact) mass is 327 g/mol. The SMILES string of the molecule is Cc1nc(NCCc2ccc3c(c2)OCO3)cc(C2CC(O)C2)n1. The van der Waals surface area contributed by atoms with E-state index in [1.807, 2.05) is 25.1 Å². The summed E-state index contributed by atoms with van der Waals surface area (Å²) in [6.07, 6.45) is 2.30. The number of anilines is 1. The van der Waals surface area contributed by atoms with E-state index < -0.39 is 0 Å². The summed E-state index contributed by atoms with van der Waals surface area (Å²) in [5.41, 5.74) is 2.22. The standard InChI is InChI=1S/C18H21N3O3/c1-11-20-15(13-7-14(22)8-13)9-18(21-11)19-5-4-12-2-3-16-17(6-12)24-10-23-16/h2-3,6,9,13-14,22H,4-5,7-8,10H2,1H3,(H,19,20,21). The minimum Gasteiger partial charge on any atom is -0.454 e. The molecule has 1 aliphatic heterocycles. The Bertz CT molecular complexity index is 744. The zero-order chi connectivity index (χ0) is 16.5. The molecule has 2 aliphatic rings. The van der Waals surface area contributed by atoms with Crippen molar-refractivity contribution >= 4 is 5.82 Å². The third-order valence-electron chi connectivity index (χ3n) is 4.55. The van der Waals surface area contributed by atoms with Gasteiger partial charge in [-0.25, -0.2) is 9.97 Å². The normalized spacial score (nSPS) is 21.4. The number of aliphatic hydroxyl groups excluding tert-OH is 1. The maximum Gasteiger partial charge on any atom is 0.231 e. The first-order valence-corrected chi connectivity index (χ1v) is 8.33. The molecule has 1 fully saturated rings. The van der Waals surface area contributed by atoms with Crippen LogP contribution in [0.4, 0.5) is 5.82 Å². The lowest BCUT2D eigenvalue weighted by Gasteiger charge is -2.31. The van der Waals surface area contributed by atoms with Gasteiger partial charge in [0.05, 0.1) is 6.10 Å². The molecule has 2 N–H and O–H groups in total. The van der Waals surface area contributed by atoms with E-state index in [2.05, 4.69) is 21.4 Å². The van der Waals surface area contributed by atoms with Crippen molar-refractivity contribution in [3.63, 3.8) is 0 Å². The van der Waals surface area contributed by atoms with E-state index in [0.29, 0.717) is 12.7 Å². The lowest BCUT2D eigenvalue weighted by molar-refractivity contribution is 0.0731. The third-order valence-corrected chi connectivity index (χ3v) is 4.55. The van der Waals surface area contributed by atoms with Crippen molar-refractivity contribution in [3.05, 3.63) is 41.3 Å². The quantitative estimate of drug-likeness (QED) is 0.878. The van der Waals surface area contributed by atoms with Gasteiger partial charge in [0, 0.05) is 24.2 Å². The Morgan fingerprint density at radius 3 is 2.83 bits per heavy atom. The summed E-state index contributed by atoms with van der Waals surface area (Å²) >= 11 is 0. The fourth-order valence-corrected chi connectivity index (χ4v) is 3.15. The smallest absolute Gasteiger partial charge is 0.231 e. The van der Waals surface area contributed by atoms with Crippen LogP contribution in [-0.4, -0.2) is 34.5 Å². The van der Waals surface area contributed by atoms with Crippen LogP contribution < -0.4 is 14.8 Å². The van der Waals surface area contributed by atoms with E-state index in [9.17, 15) is 5.11 Å². The molecular weight excluding hydrogens is 306 g/mol. The molecule has 24 heavy (non-hydrogen) atoms.